The molecular weight excluding hydrogens is 362 g/mol. The summed E-state index contributed by atoms with van der Waals surface area (Å²) in [5.74, 6) is -1.91. The molecule has 28 heavy (non-hydrogen) atoms. The van der Waals surface area contributed by atoms with E-state index in [1.807, 2.05) is 42.5 Å². The number of unbranched alkanes of at least 4 members (excludes halogenated alkanes) is 1. The monoisotopic (exact) mass is 389 g/mol. The fraction of sp³-hybridized carbons (Fsp3) is 0.333. The van der Waals surface area contributed by atoms with Crippen molar-refractivity contribution < 1.29 is 29.3 Å². The Morgan fingerprint density at radius 3 is 1.96 bits per heavy atom. The third-order valence-corrected chi connectivity index (χ3v) is 3.51. The number of carboxylic acids is 2. The smallest absolute Gasteiger partial charge is 0.414 e. The largest absolute Gasteiger partial charge is 0.492 e. The summed E-state index contributed by atoms with van der Waals surface area (Å²) in [6.45, 7) is 5.41. The van der Waals surface area contributed by atoms with E-state index < -0.39 is 11.9 Å². The average Bonchev–Trinajstić information content (AvgIpc) is 2.71. The number of carboxylic acid groups (broad SMARTS) is 2. The van der Waals surface area contributed by atoms with Gasteiger partial charge in [-0.2, -0.15) is 0 Å². The van der Waals surface area contributed by atoms with Gasteiger partial charge < -0.3 is 25.0 Å². The minimum absolute atomic E-state index is 0.586. The Labute approximate surface area is 164 Å². The van der Waals surface area contributed by atoms with Crippen LogP contribution in [-0.2, 0) is 16.2 Å². The molecule has 3 N–H and O–H groups in total. The van der Waals surface area contributed by atoms with Gasteiger partial charge in [-0.05, 0) is 42.8 Å². The van der Waals surface area contributed by atoms with E-state index in [-0.39, 0.29) is 0 Å². The second-order valence-electron chi connectivity index (χ2n) is 5.81. The van der Waals surface area contributed by atoms with Gasteiger partial charge in [-0.15, -0.1) is 0 Å². The summed E-state index contributed by atoms with van der Waals surface area (Å²) < 4.78 is 11.4. The van der Waals surface area contributed by atoms with Crippen molar-refractivity contribution in [2.75, 3.05) is 19.7 Å². The summed E-state index contributed by atoms with van der Waals surface area (Å²) in [7, 11) is 0. The lowest BCUT2D eigenvalue weighted by Gasteiger charge is -2.09. The van der Waals surface area contributed by atoms with E-state index in [9.17, 15) is 0 Å². The molecule has 2 aromatic carbocycles. The molecule has 0 atom stereocenters. The molecule has 0 bridgehead atoms. The summed E-state index contributed by atoms with van der Waals surface area (Å²) in [5, 5.41) is 18.1. The molecule has 0 unspecified atom stereocenters. The number of nitrogens with one attached hydrogen (secondary N) is 1. The SMILES string of the molecule is CCCCNCCOc1ccc(OCc2ccccc2)cc1.O=C(O)C(=O)O. The van der Waals surface area contributed by atoms with Crippen LogP contribution < -0.4 is 14.8 Å². The summed E-state index contributed by atoms with van der Waals surface area (Å²) in [4.78, 5) is 18.2. The minimum atomic E-state index is -1.82. The van der Waals surface area contributed by atoms with Crippen LogP contribution in [0.2, 0.25) is 0 Å². The van der Waals surface area contributed by atoms with Crippen LogP contribution in [0.4, 0.5) is 0 Å². The van der Waals surface area contributed by atoms with Crippen molar-refractivity contribution in [3.05, 3.63) is 60.2 Å². The predicted octanol–water partition coefficient (Wildman–Crippen LogP) is 3.19. The molecule has 0 saturated carbocycles. The van der Waals surface area contributed by atoms with Crippen LogP contribution in [-0.4, -0.2) is 41.8 Å². The zero-order chi connectivity index (χ0) is 20.6. The highest BCUT2D eigenvalue weighted by Crippen LogP contribution is 2.18. The maximum atomic E-state index is 9.10. The van der Waals surface area contributed by atoms with Gasteiger partial charge in [-0.25, -0.2) is 9.59 Å². The zero-order valence-corrected chi connectivity index (χ0v) is 16.0. The fourth-order valence-electron chi connectivity index (χ4n) is 2.04. The lowest BCUT2D eigenvalue weighted by atomic mass is 10.2. The van der Waals surface area contributed by atoms with Crippen LogP contribution in [0.3, 0.4) is 0 Å². The van der Waals surface area contributed by atoms with E-state index in [0.717, 1.165) is 24.6 Å². The number of ether oxygens (including phenoxy) is 2. The lowest BCUT2D eigenvalue weighted by molar-refractivity contribution is -0.159. The Morgan fingerprint density at radius 2 is 1.43 bits per heavy atom. The molecule has 7 nitrogen and oxygen atoms in total. The number of benzene rings is 2. The predicted molar refractivity (Wildman–Crippen MR) is 106 cm³/mol. The molecule has 2 rings (SSSR count). The van der Waals surface area contributed by atoms with Crippen molar-refractivity contribution in [2.24, 2.45) is 0 Å². The van der Waals surface area contributed by atoms with Crippen molar-refractivity contribution in [1.29, 1.82) is 0 Å². The first kappa shape index (κ1) is 23.0. The maximum Gasteiger partial charge on any atom is 0.414 e. The van der Waals surface area contributed by atoms with Crippen molar-refractivity contribution in [3.8, 4) is 11.5 Å². The molecule has 0 saturated heterocycles. The number of hydrogen-bond acceptors (Lipinski definition) is 5. The van der Waals surface area contributed by atoms with E-state index in [1.54, 1.807) is 0 Å². The van der Waals surface area contributed by atoms with Crippen molar-refractivity contribution >= 4 is 11.9 Å². The van der Waals surface area contributed by atoms with Crippen molar-refractivity contribution in [3.63, 3.8) is 0 Å². The Morgan fingerprint density at radius 1 is 0.857 bits per heavy atom. The Balaban J connectivity index is 0.000000568. The molecule has 2 aromatic rings. The van der Waals surface area contributed by atoms with Gasteiger partial charge in [0.25, 0.3) is 0 Å². The van der Waals surface area contributed by atoms with Crippen LogP contribution in [0.5, 0.6) is 11.5 Å². The molecule has 0 spiro atoms. The van der Waals surface area contributed by atoms with E-state index in [4.69, 9.17) is 29.3 Å². The van der Waals surface area contributed by atoms with Crippen LogP contribution in [0.25, 0.3) is 0 Å². The van der Waals surface area contributed by atoms with Gasteiger partial charge in [0.1, 0.15) is 24.7 Å². The van der Waals surface area contributed by atoms with E-state index in [0.29, 0.717) is 13.2 Å². The Hall–Kier alpha value is -3.06. The molecule has 0 radical (unpaired) electrons. The molecule has 0 aromatic heterocycles. The van der Waals surface area contributed by atoms with Crippen LogP contribution in [0.1, 0.15) is 25.3 Å². The second kappa shape index (κ2) is 14.1. The second-order valence-corrected chi connectivity index (χ2v) is 5.81. The van der Waals surface area contributed by atoms with Gasteiger partial charge in [-0.1, -0.05) is 43.7 Å². The first-order chi connectivity index (χ1) is 13.5. The number of carbonyl (C=O) groups is 2. The first-order valence-electron chi connectivity index (χ1n) is 9.09. The molecule has 7 heteroatoms. The quantitative estimate of drug-likeness (QED) is 0.423. The van der Waals surface area contributed by atoms with E-state index in [2.05, 4.69) is 24.4 Å². The first-order valence-corrected chi connectivity index (χ1v) is 9.09. The molecule has 152 valence electrons. The number of aliphatic carboxylic acids is 2. The summed E-state index contributed by atoms with van der Waals surface area (Å²) in [5.41, 5.74) is 1.17. The van der Waals surface area contributed by atoms with Crippen LogP contribution >= 0.6 is 0 Å². The maximum absolute atomic E-state index is 9.10. The van der Waals surface area contributed by atoms with Gasteiger partial charge in [0.15, 0.2) is 0 Å². The fourth-order valence-corrected chi connectivity index (χ4v) is 2.04. The van der Waals surface area contributed by atoms with Gasteiger partial charge in [-0.3, -0.25) is 0 Å². The Bertz CT molecular complexity index is 676. The summed E-state index contributed by atoms with van der Waals surface area (Å²) >= 11 is 0. The topological polar surface area (TPSA) is 105 Å². The molecule has 0 amide bonds. The minimum Gasteiger partial charge on any atom is -0.492 e. The highest BCUT2D eigenvalue weighted by molar-refractivity contribution is 6.27. The Kier molecular flexibility index (Phi) is 11.5. The zero-order valence-electron chi connectivity index (χ0n) is 16.0. The third-order valence-electron chi connectivity index (χ3n) is 3.51. The average molecular weight is 389 g/mol. The third kappa shape index (κ3) is 10.8. The lowest BCUT2D eigenvalue weighted by Crippen LogP contribution is -2.21. The van der Waals surface area contributed by atoms with Gasteiger partial charge in [0.05, 0.1) is 0 Å². The molecule has 0 aliphatic heterocycles. The number of rotatable bonds is 10. The van der Waals surface area contributed by atoms with Crippen LogP contribution in [0, 0.1) is 0 Å². The number of hydrogen-bond donors (Lipinski definition) is 3. The van der Waals surface area contributed by atoms with Gasteiger partial charge >= 0.3 is 11.9 Å². The summed E-state index contributed by atoms with van der Waals surface area (Å²) in [6.07, 6.45) is 2.44. The molecule has 0 aliphatic rings. The molecular formula is C21H27NO6. The normalized spacial score (nSPS) is 9.75. The molecule has 0 aliphatic carbocycles. The van der Waals surface area contributed by atoms with Gasteiger partial charge in [0, 0.05) is 6.54 Å². The van der Waals surface area contributed by atoms with Crippen LogP contribution in [0.15, 0.2) is 54.6 Å². The molecule has 0 heterocycles. The van der Waals surface area contributed by atoms with E-state index in [1.165, 1.54) is 18.4 Å². The highest BCUT2D eigenvalue weighted by Gasteiger charge is 2.04. The summed E-state index contributed by atoms with van der Waals surface area (Å²) in [6, 6.07) is 18.0. The van der Waals surface area contributed by atoms with E-state index >= 15 is 0 Å². The van der Waals surface area contributed by atoms with Crippen molar-refractivity contribution in [2.45, 2.75) is 26.4 Å². The van der Waals surface area contributed by atoms with Gasteiger partial charge in [0.2, 0.25) is 0 Å². The standard InChI is InChI=1S/C19H25NO2.C2H2O4/c1-2-3-13-20-14-15-21-18-9-11-19(12-10-18)22-16-17-7-5-4-6-8-17;3-1(4)2(5)6/h4-12,20H,2-3,13-16H2,1H3;(H,3,4)(H,5,6). The highest BCUT2D eigenvalue weighted by atomic mass is 16.5. The molecule has 0 fully saturated rings. The van der Waals surface area contributed by atoms with Crippen molar-refractivity contribution in [1.82, 2.24) is 5.32 Å².